The minimum atomic E-state index is -0.168. The van der Waals surface area contributed by atoms with E-state index in [0.717, 1.165) is 24.3 Å². The van der Waals surface area contributed by atoms with Crippen molar-refractivity contribution in [3.05, 3.63) is 23.3 Å². The summed E-state index contributed by atoms with van der Waals surface area (Å²) in [4.78, 5) is 0. The first-order valence-corrected chi connectivity index (χ1v) is 6.89. The first-order valence-electron chi connectivity index (χ1n) is 6.89. The lowest BCUT2D eigenvalue weighted by molar-refractivity contribution is 0.170. The first kappa shape index (κ1) is 11.8. The molecule has 1 aliphatic carbocycles. The molecule has 0 unspecified atom stereocenters. The molecule has 0 atom stereocenters. The van der Waals surface area contributed by atoms with Crippen molar-refractivity contribution in [3.8, 4) is 11.5 Å². The van der Waals surface area contributed by atoms with Gasteiger partial charge in [-0.15, -0.1) is 0 Å². The summed E-state index contributed by atoms with van der Waals surface area (Å²) in [7, 11) is 0. The predicted molar refractivity (Wildman–Crippen MR) is 71.1 cm³/mol. The van der Waals surface area contributed by atoms with Crippen LogP contribution in [0.15, 0.2) is 12.1 Å². The van der Waals surface area contributed by atoms with Crippen LogP contribution in [0.25, 0.3) is 0 Å². The number of rotatable bonds is 1. The molecular formula is C15H21NO2. The van der Waals surface area contributed by atoms with Crippen LogP contribution < -0.4 is 15.2 Å². The smallest absolute Gasteiger partial charge is 0.161 e. The second-order valence-electron chi connectivity index (χ2n) is 5.53. The fraction of sp³-hybridized carbons (Fsp3) is 0.600. The maximum absolute atomic E-state index is 6.62. The summed E-state index contributed by atoms with van der Waals surface area (Å²) < 4.78 is 11.3. The Hall–Kier alpha value is -1.22. The molecule has 18 heavy (non-hydrogen) atoms. The van der Waals surface area contributed by atoms with Gasteiger partial charge in [0.25, 0.3) is 0 Å². The van der Waals surface area contributed by atoms with E-state index in [2.05, 4.69) is 19.1 Å². The third-order valence-corrected chi connectivity index (χ3v) is 4.17. The summed E-state index contributed by atoms with van der Waals surface area (Å²) in [5, 5.41) is 0. The molecule has 0 radical (unpaired) electrons. The van der Waals surface area contributed by atoms with Crippen molar-refractivity contribution in [2.24, 2.45) is 5.73 Å². The van der Waals surface area contributed by atoms with Gasteiger partial charge in [-0.25, -0.2) is 0 Å². The third-order valence-electron chi connectivity index (χ3n) is 4.17. The minimum absolute atomic E-state index is 0.168. The Balaban J connectivity index is 2.00. The molecule has 1 aromatic rings. The molecule has 1 fully saturated rings. The van der Waals surface area contributed by atoms with Crippen molar-refractivity contribution >= 4 is 0 Å². The van der Waals surface area contributed by atoms with Crippen LogP contribution in [0.5, 0.6) is 11.5 Å². The van der Waals surface area contributed by atoms with E-state index in [0.29, 0.717) is 13.2 Å². The van der Waals surface area contributed by atoms with Crippen LogP contribution in [-0.4, -0.2) is 13.2 Å². The molecule has 0 spiro atoms. The lowest BCUT2D eigenvalue weighted by Crippen LogP contribution is -2.39. The largest absolute Gasteiger partial charge is 0.486 e. The Morgan fingerprint density at radius 2 is 1.61 bits per heavy atom. The molecule has 3 nitrogen and oxygen atoms in total. The molecule has 3 rings (SSSR count). The molecular weight excluding hydrogens is 226 g/mol. The molecule has 1 saturated carbocycles. The van der Waals surface area contributed by atoms with E-state index >= 15 is 0 Å². The van der Waals surface area contributed by atoms with Gasteiger partial charge in [-0.1, -0.05) is 19.3 Å². The van der Waals surface area contributed by atoms with Crippen molar-refractivity contribution in [1.29, 1.82) is 0 Å². The molecule has 1 aromatic carbocycles. The van der Waals surface area contributed by atoms with Crippen LogP contribution in [0.1, 0.15) is 43.2 Å². The average Bonchev–Trinajstić information content (AvgIpc) is 2.38. The molecule has 1 aliphatic heterocycles. The Morgan fingerprint density at radius 1 is 1.00 bits per heavy atom. The number of ether oxygens (including phenoxy) is 2. The highest BCUT2D eigenvalue weighted by atomic mass is 16.6. The summed E-state index contributed by atoms with van der Waals surface area (Å²) >= 11 is 0. The van der Waals surface area contributed by atoms with E-state index in [1.165, 1.54) is 30.4 Å². The molecule has 0 saturated heterocycles. The molecule has 0 bridgehead atoms. The Morgan fingerprint density at radius 3 is 2.28 bits per heavy atom. The normalized spacial score (nSPS) is 21.7. The molecule has 3 heteroatoms. The van der Waals surface area contributed by atoms with Crippen molar-refractivity contribution in [2.75, 3.05) is 13.2 Å². The highest BCUT2D eigenvalue weighted by molar-refractivity contribution is 5.50. The lowest BCUT2D eigenvalue weighted by atomic mass is 9.76. The summed E-state index contributed by atoms with van der Waals surface area (Å²) in [6.07, 6.45) is 5.91. The van der Waals surface area contributed by atoms with Crippen LogP contribution in [0.2, 0.25) is 0 Å². The maximum Gasteiger partial charge on any atom is 0.161 e. The minimum Gasteiger partial charge on any atom is -0.486 e. The Kier molecular flexibility index (Phi) is 2.94. The molecule has 0 aromatic heterocycles. The molecule has 1 heterocycles. The van der Waals surface area contributed by atoms with Gasteiger partial charge in [-0.2, -0.15) is 0 Å². The quantitative estimate of drug-likeness (QED) is 0.830. The SMILES string of the molecule is Cc1cc2c(cc1C1(N)CCCCC1)OCCO2. The van der Waals surface area contributed by atoms with Gasteiger partial charge in [-0.05, 0) is 43.0 Å². The fourth-order valence-corrected chi connectivity index (χ4v) is 3.18. The zero-order valence-electron chi connectivity index (χ0n) is 11.0. The zero-order chi connectivity index (χ0) is 12.6. The summed E-state index contributed by atoms with van der Waals surface area (Å²) in [5.41, 5.74) is 8.92. The van der Waals surface area contributed by atoms with Crippen molar-refractivity contribution < 1.29 is 9.47 Å². The molecule has 98 valence electrons. The summed E-state index contributed by atoms with van der Waals surface area (Å²) in [6.45, 7) is 3.39. The number of aryl methyl sites for hydroxylation is 1. The van der Waals surface area contributed by atoms with E-state index in [9.17, 15) is 0 Å². The van der Waals surface area contributed by atoms with E-state index < -0.39 is 0 Å². The topological polar surface area (TPSA) is 44.5 Å². The third kappa shape index (κ3) is 1.97. The van der Waals surface area contributed by atoms with Crippen molar-refractivity contribution in [3.63, 3.8) is 0 Å². The van der Waals surface area contributed by atoms with E-state index in [-0.39, 0.29) is 5.54 Å². The van der Waals surface area contributed by atoms with E-state index in [1.54, 1.807) is 0 Å². The van der Waals surface area contributed by atoms with E-state index in [4.69, 9.17) is 15.2 Å². The lowest BCUT2D eigenvalue weighted by Gasteiger charge is -2.36. The number of nitrogens with two attached hydrogens (primary N) is 1. The van der Waals surface area contributed by atoms with Crippen molar-refractivity contribution in [1.82, 2.24) is 0 Å². The zero-order valence-corrected chi connectivity index (χ0v) is 11.0. The van der Waals surface area contributed by atoms with Crippen molar-refractivity contribution in [2.45, 2.75) is 44.6 Å². The van der Waals surface area contributed by atoms with Crippen LogP contribution in [-0.2, 0) is 5.54 Å². The molecule has 2 aliphatic rings. The molecule has 2 N–H and O–H groups in total. The van der Waals surface area contributed by atoms with Crippen LogP contribution in [0.3, 0.4) is 0 Å². The summed E-state index contributed by atoms with van der Waals surface area (Å²) in [6, 6.07) is 4.18. The van der Waals surface area contributed by atoms with Gasteiger partial charge in [0, 0.05) is 5.54 Å². The number of fused-ring (bicyclic) bond motifs is 1. The predicted octanol–water partition coefficient (Wildman–Crippen LogP) is 2.88. The second kappa shape index (κ2) is 4.47. The maximum atomic E-state index is 6.62. The highest BCUT2D eigenvalue weighted by Crippen LogP contribution is 2.41. The molecule has 0 amide bonds. The number of benzene rings is 1. The van der Waals surface area contributed by atoms with Gasteiger partial charge >= 0.3 is 0 Å². The van der Waals surface area contributed by atoms with Crippen LogP contribution >= 0.6 is 0 Å². The standard InChI is InChI=1S/C15H21NO2/c1-11-9-13-14(18-8-7-17-13)10-12(11)15(16)5-3-2-4-6-15/h9-10H,2-8,16H2,1H3. The van der Waals surface area contributed by atoms with Gasteiger partial charge in [-0.3, -0.25) is 0 Å². The van der Waals surface area contributed by atoms with Gasteiger partial charge < -0.3 is 15.2 Å². The fourth-order valence-electron chi connectivity index (χ4n) is 3.18. The monoisotopic (exact) mass is 247 g/mol. The Bertz CT molecular complexity index is 450. The van der Waals surface area contributed by atoms with Gasteiger partial charge in [0.1, 0.15) is 13.2 Å². The highest BCUT2D eigenvalue weighted by Gasteiger charge is 2.32. The second-order valence-corrected chi connectivity index (χ2v) is 5.53. The Labute approximate surface area is 108 Å². The van der Waals surface area contributed by atoms with Gasteiger partial charge in [0.2, 0.25) is 0 Å². The first-order chi connectivity index (χ1) is 8.69. The average molecular weight is 247 g/mol. The summed E-state index contributed by atoms with van der Waals surface area (Å²) in [5.74, 6) is 1.72. The van der Waals surface area contributed by atoms with Crippen LogP contribution in [0.4, 0.5) is 0 Å². The van der Waals surface area contributed by atoms with Gasteiger partial charge in [0.05, 0.1) is 0 Å². The van der Waals surface area contributed by atoms with Crippen LogP contribution in [0, 0.1) is 6.92 Å². The number of hydrogen-bond acceptors (Lipinski definition) is 3. The van der Waals surface area contributed by atoms with E-state index in [1.807, 2.05) is 0 Å². The number of hydrogen-bond donors (Lipinski definition) is 1. The van der Waals surface area contributed by atoms with Gasteiger partial charge in [0.15, 0.2) is 11.5 Å².